The zero-order valence-corrected chi connectivity index (χ0v) is 16.9. The highest BCUT2D eigenvalue weighted by atomic mass is 35.5. The average molecular weight is 398 g/mol. The third-order valence-corrected chi connectivity index (χ3v) is 5.23. The van der Waals surface area contributed by atoms with Crippen molar-refractivity contribution in [1.82, 2.24) is 9.55 Å². The fourth-order valence-electron chi connectivity index (χ4n) is 3.34. The molecule has 0 saturated heterocycles. The summed E-state index contributed by atoms with van der Waals surface area (Å²) in [7, 11) is 0. The summed E-state index contributed by atoms with van der Waals surface area (Å²) in [5.41, 5.74) is 3.46. The van der Waals surface area contributed by atoms with Crippen molar-refractivity contribution in [2.75, 3.05) is 5.32 Å². The first-order chi connectivity index (χ1) is 13.5. The second-order valence-corrected chi connectivity index (χ2v) is 7.09. The second kappa shape index (κ2) is 9.02. The number of halogens is 1. The van der Waals surface area contributed by atoms with Crippen LogP contribution in [0.4, 0.5) is 5.69 Å². The van der Waals surface area contributed by atoms with Crippen LogP contribution in [-0.2, 0) is 24.2 Å². The molecule has 2 aromatic carbocycles. The zero-order valence-electron chi connectivity index (χ0n) is 16.2. The first kappa shape index (κ1) is 20.1. The van der Waals surface area contributed by atoms with Crippen LogP contribution in [0.25, 0.3) is 10.9 Å². The van der Waals surface area contributed by atoms with Crippen molar-refractivity contribution in [3.8, 4) is 0 Å². The van der Waals surface area contributed by atoms with Gasteiger partial charge in [0.25, 0.3) is 5.56 Å². The predicted octanol–water partition coefficient (Wildman–Crippen LogP) is 4.59. The van der Waals surface area contributed by atoms with Crippen molar-refractivity contribution >= 4 is 34.1 Å². The molecule has 0 aliphatic heterocycles. The van der Waals surface area contributed by atoms with Crippen LogP contribution < -0.4 is 10.9 Å². The lowest BCUT2D eigenvalue weighted by atomic mass is 10.0. The topological polar surface area (TPSA) is 64.0 Å². The monoisotopic (exact) mass is 397 g/mol. The third kappa shape index (κ3) is 4.25. The Bertz CT molecular complexity index is 1060. The van der Waals surface area contributed by atoms with E-state index in [0.717, 1.165) is 29.7 Å². The number of hydrogen-bond donors (Lipinski definition) is 1. The third-order valence-electron chi connectivity index (χ3n) is 4.88. The summed E-state index contributed by atoms with van der Waals surface area (Å²) < 4.78 is 1.56. The van der Waals surface area contributed by atoms with Gasteiger partial charge < -0.3 is 5.32 Å². The maximum atomic E-state index is 12.5. The van der Waals surface area contributed by atoms with Crippen LogP contribution in [0.5, 0.6) is 0 Å². The van der Waals surface area contributed by atoms with E-state index in [1.54, 1.807) is 17.0 Å². The standard InChI is InChI=1S/C22H24ClN3O2/c1-3-15-11-12-18(23)16(4-2)21(15)25-20(27)10-7-13-26-14-24-19-9-6-5-8-17(19)22(26)28/h5-6,8-9,11-12,14H,3-4,7,10,13H2,1-2H3,(H,25,27). The largest absolute Gasteiger partial charge is 0.326 e. The van der Waals surface area contributed by atoms with Crippen molar-refractivity contribution < 1.29 is 4.79 Å². The molecule has 5 nitrogen and oxygen atoms in total. The van der Waals surface area contributed by atoms with Crippen molar-refractivity contribution in [1.29, 1.82) is 0 Å². The number of rotatable bonds is 7. The normalized spacial score (nSPS) is 11.0. The van der Waals surface area contributed by atoms with Crippen LogP contribution in [0.1, 0.15) is 37.8 Å². The van der Waals surface area contributed by atoms with Crippen LogP contribution in [0.3, 0.4) is 0 Å². The zero-order chi connectivity index (χ0) is 20.1. The lowest BCUT2D eigenvalue weighted by Crippen LogP contribution is -2.22. The molecule has 0 atom stereocenters. The van der Waals surface area contributed by atoms with Gasteiger partial charge in [-0.2, -0.15) is 0 Å². The fraction of sp³-hybridized carbons (Fsp3) is 0.318. The van der Waals surface area contributed by atoms with E-state index in [1.807, 2.05) is 37.3 Å². The maximum Gasteiger partial charge on any atom is 0.261 e. The summed E-state index contributed by atoms with van der Waals surface area (Å²) in [5, 5.41) is 4.29. The summed E-state index contributed by atoms with van der Waals surface area (Å²) in [5.74, 6) is -0.0755. The first-order valence-electron chi connectivity index (χ1n) is 9.59. The van der Waals surface area contributed by atoms with Gasteiger partial charge in [0, 0.05) is 23.7 Å². The Morgan fingerprint density at radius 1 is 1.14 bits per heavy atom. The second-order valence-electron chi connectivity index (χ2n) is 6.68. The number of aromatic nitrogens is 2. The average Bonchev–Trinajstić information content (AvgIpc) is 2.70. The van der Waals surface area contributed by atoms with E-state index in [1.165, 1.54) is 0 Å². The van der Waals surface area contributed by atoms with Crippen LogP contribution >= 0.6 is 11.6 Å². The molecule has 28 heavy (non-hydrogen) atoms. The molecule has 1 aromatic heterocycles. The molecule has 0 radical (unpaired) electrons. The highest BCUT2D eigenvalue weighted by molar-refractivity contribution is 6.32. The molecule has 3 rings (SSSR count). The minimum atomic E-state index is -0.0811. The smallest absolute Gasteiger partial charge is 0.261 e. The molecular formula is C22H24ClN3O2. The molecule has 0 bridgehead atoms. The Balaban J connectivity index is 1.67. The van der Waals surface area contributed by atoms with E-state index in [9.17, 15) is 9.59 Å². The number of benzene rings is 2. The van der Waals surface area contributed by atoms with Crippen molar-refractivity contribution in [2.45, 2.75) is 46.1 Å². The van der Waals surface area contributed by atoms with Crippen LogP contribution in [0.15, 0.2) is 47.5 Å². The van der Waals surface area contributed by atoms with Gasteiger partial charge in [0.2, 0.25) is 5.91 Å². The van der Waals surface area contributed by atoms with Crippen LogP contribution in [-0.4, -0.2) is 15.5 Å². The number of nitrogens with one attached hydrogen (secondary N) is 1. The SMILES string of the molecule is CCc1ccc(Cl)c(CC)c1NC(=O)CCCn1cnc2ccccc2c1=O. The highest BCUT2D eigenvalue weighted by Crippen LogP contribution is 2.29. The molecule has 0 aliphatic carbocycles. The molecule has 3 aromatic rings. The lowest BCUT2D eigenvalue weighted by molar-refractivity contribution is -0.116. The molecule has 0 unspecified atom stereocenters. The van der Waals surface area contributed by atoms with Crippen LogP contribution in [0.2, 0.25) is 5.02 Å². The Morgan fingerprint density at radius 3 is 2.68 bits per heavy atom. The highest BCUT2D eigenvalue weighted by Gasteiger charge is 2.13. The van der Waals surface area contributed by atoms with Gasteiger partial charge >= 0.3 is 0 Å². The maximum absolute atomic E-state index is 12.5. The number of hydrogen-bond acceptors (Lipinski definition) is 3. The van der Waals surface area contributed by atoms with Gasteiger partial charge in [-0.3, -0.25) is 14.2 Å². The minimum absolute atomic E-state index is 0.0755. The molecule has 6 heteroatoms. The van der Waals surface area contributed by atoms with Crippen molar-refractivity contribution in [2.24, 2.45) is 0 Å². The number of para-hydroxylation sites is 1. The molecule has 0 aliphatic rings. The van der Waals surface area contributed by atoms with E-state index >= 15 is 0 Å². The van der Waals surface area contributed by atoms with E-state index in [2.05, 4.69) is 17.2 Å². The van der Waals surface area contributed by atoms with Crippen molar-refractivity contribution in [3.05, 3.63) is 69.2 Å². The minimum Gasteiger partial charge on any atom is -0.326 e. The Morgan fingerprint density at radius 2 is 1.93 bits per heavy atom. The Hall–Kier alpha value is -2.66. The number of aryl methyl sites for hydroxylation is 2. The van der Waals surface area contributed by atoms with Gasteiger partial charge in [-0.05, 0) is 48.6 Å². The Kier molecular flexibility index (Phi) is 6.47. The van der Waals surface area contributed by atoms with Gasteiger partial charge in [-0.15, -0.1) is 0 Å². The van der Waals surface area contributed by atoms with Crippen molar-refractivity contribution in [3.63, 3.8) is 0 Å². The number of carbonyl (C=O) groups is 1. The quantitative estimate of drug-likeness (QED) is 0.634. The molecule has 146 valence electrons. The summed E-state index contributed by atoms with van der Waals surface area (Å²) >= 11 is 6.30. The first-order valence-corrected chi connectivity index (χ1v) is 9.97. The van der Waals surface area contributed by atoms with E-state index in [-0.39, 0.29) is 11.5 Å². The number of nitrogens with zero attached hydrogens (tertiary/aromatic N) is 2. The van der Waals surface area contributed by atoms with Gasteiger partial charge in [-0.1, -0.05) is 43.6 Å². The molecule has 1 N–H and O–H groups in total. The van der Waals surface area contributed by atoms with Gasteiger partial charge in [0.15, 0.2) is 0 Å². The summed E-state index contributed by atoms with van der Waals surface area (Å²) in [4.78, 5) is 29.3. The summed E-state index contributed by atoms with van der Waals surface area (Å²) in [6.07, 6.45) is 3.98. The fourth-order valence-corrected chi connectivity index (χ4v) is 3.64. The van der Waals surface area contributed by atoms with Gasteiger partial charge in [0.05, 0.1) is 17.2 Å². The molecule has 1 amide bonds. The predicted molar refractivity (Wildman–Crippen MR) is 114 cm³/mol. The van der Waals surface area contributed by atoms with E-state index in [4.69, 9.17) is 11.6 Å². The lowest BCUT2D eigenvalue weighted by Gasteiger charge is -2.16. The molecule has 0 spiro atoms. The summed E-state index contributed by atoms with van der Waals surface area (Å²) in [6, 6.07) is 11.1. The van der Waals surface area contributed by atoms with E-state index < -0.39 is 0 Å². The number of fused-ring (bicyclic) bond motifs is 1. The van der Waals surface area contributed by atoms with Gasteiger partial charge in [0.1, 0.15) is 0 Å². The number of anilines is 1. The van der Waals surface area contributed by atoms with Crippen LogP contribution in [0, 0.1) is 0 Å². The summed E-state index contributed by atoms with van der Waals surface area (Å²) in [6.45, 7) is 4.52. The molecular weight excluding hydrogens is 374 g/mol. The molecule has 1 heterocycles. The number of carbonyl (C=O) groups excluding carboxylic acids is 1. The Labute approximate surface area is 169 Å². The molecule has 0 fully saturated rings. The van der Waals surface area contributed by atoms with E-state index in [0.29, 0.717) is 35.3 Å². The van der Waals surface area contributed by atoms with Gasteiger partial charge in [-0.25, -0.2) is 4.98 Å². The number of amides is 1. The molecule has 0 saturated carbocycles.